The van der Waals surface area contributed by atoms with Gasteiger partial charge in [0, 0.05) is 6.61 Å². The maximum Gasteiger partial charge on any atom is 0.0619 e. The Hall–Kier alpha value is -0.380. The Kier molecular flexibility index (Phi) is 12.8. The molecule has 0 saturated carbocycles. The first-order valence-corrected chi connectivity index (χ1v) is 9.40. The Morgan fingerprint density at radius 2 is 1.48 bits per heavy atom. The van der Waals surface area contributed by atoms with Gasteiger partial charge in [-0.2, -0.15) is 0 Å². The minimum Gasteiger partial charge on any atom is -0.396 e. The highest BCUT2D eigenvalue weighted by atomic mass is 16.3. The Labute approximate surface area is 143 Å². The van der Waals surface area contributed by atoms with Gasteiger partial charge in [0.05, 0.1) is 12.2 Å². The van der Waals surface area contributed by atoms with E-state index in [1.807, 2.05) is 19.9 Å². The van der Waals surface area contributed by atoms with Crippen LogP contribution in [0.4, 0.5) is 0 Å². The summed E-state index contributed by atoms with van der Waals surface area (Å²) in [6.45, 7) is 8.76. The molecule has 0 spiro atoms. The fourth-order valence-electron chi connectivity index (χ4n) is 3.01. The van der Waals surface area contributed by atoms with E-state index in [2.05, 4.69) is 13.8 Å². The van der Waals surface area contributed by atoms with E-state index < -0.39 is 5.60 Å². The first-order valence-electron chi connectivity index (χ1n) is 9.40. The molecule has 138 valence electrons. The van der Waals surface area contributed by atoms with Gasteiger partial charge in [0.1, 0.15) is 0 Å². The molecule has 0 saturated heterocycles. The molecule has 0 radical (unpaired) electrons. The van der Waals surface area contributed by atoms with Crippen molar-refractivity contribution < 1.29 is 15.3 Å². The summed E-state index contributed by atoms with van der Waals surface area (Å²) in [7, 11) is 0. The van der Waals surface area contributed by atoms with Crippen LogP contribution in [0, 0.1) is 11.8 Å². The van der Waals surface area contributed by atoms with Gasteiger partial charge in [0.25, 0.3) is 0 Å². The van der Waals surface area contributed by atoms with Crippen LogP contribution in [0.5, 0.6) is 0 Å². The summed E-state index contributed by atoms with van der Waals surface area (Å²) in [6.07, 6.45) is 11.3. The van der Waals surface area contributed by atoms with Crippen molar-refractivity contribution in [1.29, 1.82) is 0 Å². The maximum absolute atomic E-state index is 10.4. The Morgan fingerprint density at radius 1 is 0.957 bits per heavy atom. The lowest BCUT2D eigenvalue weighted by Gasteiger charge is -2.24. The van der Waals surface area contributed by atoms with Gasteiger partial charge in [0.15, 0.2) is 0 Å². The molecule has 3 heteroatoms. The fraction of sp³-hybridized carbons (Fsp3) is 0.900. The van der Waals surface area contributed by atoms with Crippen LogP contribution < -0.4 is 0 Å². The zero-order valence-electron chi connectivity index (χ0n) is 15.9. The third-order valence-corrected chi connectivity index (χ3v) is 4.84. The second kappa shape index (κ2) is 13.0. The highest BCUT2D eigenvalue weighted by Gasteiger charge is 2.20. The van der Waals surface area contributed by atoms with Gasteiger partial charge in [-0.1, -0.05) is 51.2 Å². The Morgan fingerprint density at radius 3 is 2.00 bits per heavy atom. The summed E-state index contributed by atoms with van der Waals surface area (Å²) >= 11 is 0. The van der Waals surface area contributed by atoms with Crippen molar-refractivity contribution >= 4 is 0 Å². The normalized spacial score (nSPS) is 17.8. The smallest absolute Gasteiger partial charge is 0.0619 e. The summed E-state index contributed by atoms with van der Waals surface area (Å²) < 4.78 is 0. The van der Waals surface area contributed by atoms with Crippen molar-refractivity contribution in [2.75, 3.05) is 13.2 Å². The molecule has 0 heterocycles. The van der Waals surface area contributed by atoms with Gasteiger partial charge in [-0.05, 0) is 57.8 Å². The third-order valence-electron chi connectivity index (χ3n) is 4.84. The largest absolute Gasteiger partial charge is 0.396 e. The monoisotopic (exact) mass is 328 g/mol. The summed E-state index contributed by atoms with van der Waals surface area (Å²) in [6, 6.07) is 0. The molecule has 3 N–H and O–H groups in total. The lowest BCUT2D eigenvalue weighted by atomic mass is 9.88. The minimum atomic E-state index is -0.560. The number of hydrogen-bond acceptors (Lipinski definition) is 3. The molecule has 3 nitrogen and oxygen atoms in total. The van der Waals surface area contributed by atoms with Crippen LogP contribution in [0.2, 0.25) is 0 Å². The number of hydrogen-bond donors (Lipinski definition) is 3. The molecule has 0 bridgehead atoms. The second-order valence-electron chi connectivity index (χ2n) is 7.80. The zero-order chi connectivity index (χ0) is 17.7. The first kappa shape index (κ1) is 22.6. The minimum absolute atomic E-state index is 0.146. The third kappa shape index (κ3) is 13.7. The van der Waals surface area contributed by atoms with Crippen LogP contribution in [-0.4, -0.2) is 34.1 Å². The van der Waals surface area contributed by atoms with Gasteiger partial charge >= 0.3 is 0 Å². The van der Waals surface area contributed by atoms with Crippen LogP contribution in [0.3, 0.4) is 0 Å². The van der Waals surface area contributed by atoms with Gasteiger partial charge in [0.2, 0.25) is 0 Å². The van der Waals surface area contributed by atoms with Crippen molar-refractivity contribution in [3.05, 3.63) is 11.6 Å². The standard InChI is InChI=1S/C20H40O3/c1-17(8-5-9-18(2)12-15-21)10-6-13-20(4,23)14-7-11-19(3)16-22/h12,17,19,21-23H,5-11,13-16H2,1-4H3/b18-12+/t17-,19-,20+/m1/s1. The lowest BCUT2D eigenvalue weighted by Crippen LogP contribution is -2.24. The van der Waals surface area contributed by atoms with Crippen LogP contribution in [-0.2, 0) is 0 Å². The molecule has 0 amide bonds. The van der Waals surface area contributed by atoms with Gasteiger partial charge in [-0.3, -0.25) is 0 Å². The van der Waals surface area contributed by atoms with E-state index in [0.717, 1.165) is 38.5 Å². The zero-order valence-corrected chi connectivity index (χ0v) is 15.9. The van der Waals surface area contributed by atoms with E-state index in [-0.39, 0.29) is 13.2 Å². The molecule has 0 aromatic carbocycles. The SMILES string of the molecule is C/C(=C\CO)CCC[C@@H](C)CCC[C@](C)(O)CCC[C@@H](C)CO. The van der Waals surface area contributed by atoms with Crippen LogP contribution >= 0.6 is 0 Å². The molecule has 23 heavy (non-hydrogen) atoms. The molecular formula is C20H40O3. The fourth-order valence-corrected chi connectivity index (χ4v) is 3.01. The predicted octanol–water partition coefficient (Wildman–Crippen LogP) is 4.45. The van der Waals surface area contributed by atoms with Crippen molar-refractivity contribution in [1.82, 2.24) is 0 Å². The average molecular weight is 329 g/mol. The van der Waals surface area contributed by atoms with Crippen LogP contribution in [0.1, 0.15) is 85.5 Å². The van der Waals surface area contributed by atoms with E-state index in [1.165, 1.54) is 24.8 Å². The highest BCUT2D eigenvalue weighted by molar-refractivity contribution is 4.97. The molecule has 0 aliphatic carbocycles. The molecule has 0 aromatic rings. The predicted molar refractivity (Wildman–Crippen MR) is 98.4 cm³/mol. The van der Waals surface area contributed by atoms with Gasteiger partial charge in [-0.25, -0.2) is 0 Å². The first-order chi connectivity index (χ1) is 10.8. The van der Waals surface area contributed by atoms with Gasteiger partial charge < -0.3 is 15.3 Å². The average Bonchev–Trinajstić information content (AvgIpc) is 2.46. The molecule has 0 unspecified atom stereocenters. The Balaban J connectivity index is 3.75. The summed E-state index contributed by atoms with van der Waals surface area (Å²) in [5, 5.41) is 28.3. The van der Waals surface area contributed by atoms with Crippen molar-refractivity contribution in [2.24, 2.45) is 11.8 Å². The van der Waals surface area contributed by atoms with Crippen LogP contribution in [0.25, 0.3) is 0 Å². The quantitative estimate of drug-likeness (QED) is 0.413. The summed E-state index contributed by atoms with van der Waals surface area (Å²) in [5.74, 6) is 1.04. The number of allylic oxidation sites excluding steroid dienone is 1. The van der Waals surface area contributed by atoms with E-state index >= 15 is 0 Å². The molecular weight excluding hydrogens is 288 g/mol. The molecule has 0 aromatic heterocycles. The lowest BCUT2D eigenvalue weighted by molar-refractivity contribution is 0.0341. The molecule has 3 atom stereocenters. The van der Waals surface area contributed by atoms with Gasteiger partial charge in [-0.15, -0.1) is 0 Å². The van der Waals surface area contributed by atoms with E-state index in [9.17, 15) is 5.11 Å². The van der Waals surface area contributed by atoms with Crippen molar-refractivity contribution in [2.45, 2.75) is 91.1 Å². The second-order valence-corrected chi connectivity index (χ2v) is 7.80. The van der Waals surface area contributed by atoms with E-state index in [0.29, 0.717) is 11.8 Å². The molecule has 0 fully saturated rings. The summed E-state index contributed by atoms with van der Waals surface area (Å²) in [4.78, 5) is 0. The highest BCUT2D eigenvalue weighted by Crippen LogP contribution is 2.25. The topological polar surface area (TPSA) is 60.7 Å². The summed E-state index contributed by atoms with van der Waals surface area (Å²) in [5.41, 5.74) is 0.717. The molecule has 0 rings (SSSR count). The number of aliphatic hydroxyl groups is 3. The van der Waals surface area contributed by atoms with E-state index in [1.54, 1.807) is 0 Å². The number of rotatable bonds is 14. The Bertz CT molecular complexity index is 310. The molecule has 0 aliphatic rings. The number of aliphatic hydroxyl groups excluding tert-OH is 2. The van der Waals surface area contributed by atoms with Crippen LogP contribution in [0.15, 0.2) is 11.6 Å². The van der Waals surface area contributed by atoms with Crippen molar-refractivity contribution in [3.8, 4) is 0 Å². The maximum atomic E-state index is 10.4. The van der Waals surface area contributed by atoms with Crippen molar-refractivity contribution in [3.63, 3.8) is 0 Å². The molecule has 0 aliphatic heterocycles. The van der Waals surface area contributed by atoms with E-state index in [4.69, 9.17) is 10.2 Å².